The summed E-state index contributed by atoms with van der Waals surface area (Å²) in [6.45, 7) is 5.97. The van der Waals surface area contributed by atoms with Gasteiger partial charge in [0.05, 0.1) is 6.54 Å². The lowest BCUT2D eigenvalue weighted by atomic mass is 10.1. The lowest BCUT2D eigenvalue weighted by Crippen LogP contribution is -2.40. The molecule has 3 N–H and O–H groups in total. The monoisotopic (exact) mass is 325 g/mol. The highest BCUT2D eigenvalue weighted by Crippen LogP contribution is 2.11. The van der Waals surface area contributed by atoms with Crippen LogP contribution in [0.15, 0.2) is 54.6 Å². The van der Waals surface area contributed by atoms with Gasteiger partial charge >= 0.3 is 0 Å². The largest absolute Gasteiger partial charge is 0.376 e. The van der Waals surface area contributed by atoms with Crippen molar-refractivity contribution in [3.05, 3.63) is 60.2 Å². The molecule has 5 heteroatoms. The fourth-order valence-electron chi connectivity index (χ4n) is 2.06. The van der Waals surface area contributed by atoms with Gasteiger partial charge < -0.3 is 16.0 Å². The molecule has 2 rings (SSSR count). The van der Waals surface area contributed by atoms with E-state index >= 15 is 0 Å². The Labute approximate surface area is 142 Å². The first kappa shape index (κ1) is 17.5. The van der Waals surface area contributed by atoms with Gasteiger partial charge in [0.25, 0.3) is 5.91 Å². The summed E-state index contributed by atoms with van der Waals surface area (Å²) in [5, 5.41) is 8.74. The van der Waals surface area contributed by atoms with E-state index in [-0.39, 0.29) is 23.9 Å². The molecule has 2 aromatic rings. The van der Waals surface area contributed by atoms with Gasteiger partial charge in [0.2, 0.25) is 5.91 Å². The maximum Gasteiger partial charge on any atom is 0.251 e. The minimum atomic E-state index is -0.285. The molecule has 0 fully saturated rings. The van der Waals surface area contributed by atoms with Crippen molar-refractivity contribution in [2.75, 3.05) is 17.2 Å². The van der Waals surface area contributed by atoms with Crippen LogP contribution < -0.4 is 16.0 Å². The van der Waals surface area contributed by atoms with Crippen molar-refractivity contribution in [2.24, 2.45) is 0 Å². The fourth-order valence-corrected chi connectivity index (χ4v) is 2.06. The van der Waals surface area contributed by atoms with Crippen LogP contribution in [-0.4, -0.2) is 23.9 Å². The van der Waals surface area contributed by atoms with Gasteiger partial charge in [0.1, 0.15) is 0 Å². The summed E-state index contributed by atoms with van der Waals surface area (Å²) in [6.07, 6.45) is 0. The molecule has 0 heterocycles. The molecule has 2 aromatic carbocycles. The fraction of sp³-hybridized carbons (Fsp3) is 0.263. The van der Waals surface area contributed by atoms with E-state index in [1.165, 1.54) is 0 Å². The first-order chi connectivity index (χ1) is 11.3. The van der Waals surface area contributed by atoms with E-state index in [1.54, 1.807) is 24.3 Å². The Morgan fingerprint density at radius 1 is 0.875 bits per heavy atom. The Balaban J connectivity index is 1.87. The number of para-hydroxylation sites is 1. The summed E-state index contributed by atoms with van der Waals surface area (Å²) in [7, 11) is 0. The molecule has 0 saturated heterocycles. The van der Waals surface area contributed by atoms with Gasteiger partial charge in [-0.05, 0) is 57.2 Å². The standard InChI is InChI=1S/C19H23N3O2/c1-19(2,3)22-18(24)14-9-11-16(12-10-14)21-17(23)13-20-15-7-5-4-6-8-15/h4-12,20H,13H2,1-3H3,(H,21,23)(H,22,24). The molecule has 0 aliphatic rings. The second-order valence-electron chi connectivity index (χ2n) is 6.55. The summed E-state index contributed by atoms with van der Waals surface area (Å²) in [5.41, 5.74) is 1.82. The molecule has 0 aliphatic carbocycles. The van der Waals surface area contributed by atoms with Crippen molar-refractivity contribution in [2.45, 2.75) is 26.3 Å². The van der Waals surface area contributed by atoms with Gasteiger partial charge in [-0.1, -0.05) is 18.2 Å². The Hall–Kier alpha value is -2.82. The molecule has 5 nitrogen and oxygen atoms in total. The zero-order valence-electron chi connectivity index (χ0n) is 14.2. The summed E-state index contributed by atoms with van der Waals surface area (Å²) < 4.78 is 0. The maximum absolute atomic E-state index is 12.0. The molecule has 0 aromatic heterocycles. The lowest BCUT2D eigenvalue weighted by molar-refractivity contribution is -0.114. The van der Waals surface area contributed by atoms with Gasteiger partial charge in [-0.2, -0.15) is 0 Å². The van der Waals surface area contributed by atoms with Crippen molar-refractivity contribution in [3.63, 3.8) is 0 Å². The molecule has 2 amide bonds. The van der Waals surface area contributed by atoms with E-state index in [4.69, 9.17) is 0 Å². The molecule has 0 radical (unpaired) electrons. The van der Waals surface area contributed by atoms with Crippen LogP contribution in [0.1, 0.15) is 31.1 Å². The van der Waals surface area contributed by atoms with E-state index < -0.39 is 0 Å². The van der Waals surface area contributed by atoms with Crippen LogP contribution in [0.5, 0.6) is 0 Å². The second-order valence-corrected chi connectivity index (χ2v) is 6.55. The normalized spacial score (nSPS) is 10.8. The van der Waals surface area contributed by atoms with Gasteiger partial charge in [0.15, 0.2) is 0 Å². The highest BCUT2D eigenvalue weighted by molar-refractivity contribution is 5.96. The third-order valence-electron chi connectivity index (χ3n) is 3.15. The molecule has 0 spiro atoms. The van der Waals surface area contributed by atoms with E-state index in [2.05, 4.69) is 16.0 Å². The third-order valence-corrected chi connectivity index (χ3v) is 3.15. The van der Waals surface area contributed by atoms with Gasteiger partial charge in [0, 0.05) is 22.5 Å². The van der Waals surface area contributed by atoms with Crippen molar-refractivity contribution < 1.29 is 9.59 Å². The van der Waals surface area contributed by atoms with Crippen molar-refractivity contribution in [1.82, 2.24) is 5.32 Å². The van der Waals surface area contributed by atoms with Crippen LogP contribution in [0.3, 0.4) is 0 Å². The average molecular weight is 325 g/mol. The van der Waals surface area contributed by atoms with Gasteiger partial charge in [-0.25, -0.2) is 0 Å². The van der Waals surface area contributed by atoms with E-state index in [1.807, 2.05) is 51.1 Å². The number of hydrogen-bond donors (Lipinski definition) is 3. The SMILES string of the molecule is CC(C)(C)NC(=O)c1ccc(NC(=O)CNc2ccccc2)cc1. The predicted octanol–water partition coefficient (Wildman–Crippen LogP) is 3.27. The number of benzene rings is 2. The third kappa shape index (κ3) is 5.76. The van der Waals surface area contributed by atoms with Crippen LogP contribution in [-0.2, 0) is 4.79 Å². The summed E-state index contributed by atoms with van der Waals surface area (Å²) >= 11 is 0. The molecule has 126 valence electrons. The van der Waals surface area contributed by atoms with Crippen molar-refractivity contribution in [1.29, 1.82) is 0 Å². The summed E-state index contributed by atoms with van der Waals surface area (Å²) in [4.78, 5) is 24.0. The number of anilines is 2. The highest BCUT2D eigenvalue weighted by Gasteiger charge is 2.15. The zero-order chi connectivity index (χ0) is 17.6. The van der Waals surface area contributed by atoms with Crippen molar-refractivity contribution in [3.8, 4) is 0 Å². The Bertz CT molecular complexity index is 689. The maximum atomic E-state index is 12.0. The number of carbonyl (C=O) groups is 2. The Kier molecular flexibility index (Phi) is 5.58. The first-order valence-corrected chi connectivity index (χ1v) is 7.85. The summed E-state index contributed by atoms with van der Waals surface area (Å²) in [5.74, 6) is -0.281. The topological polar surface area (TPSA) is 70.2 Å². The second kappa shape index (κ2) is 7.64. The molecular weight excluding hydrogens is 302 g/mol. The smallest absolute Gasteiger partial charge is 0.251 e. The quantitative estimate of drug-likeness (QED) is 0.790. The van der Waals surface area contributed by atoms with Crippen LogP contribution in [0.2, 0.25) is 0 Å². The molecule has 0 aliphatic heterocycles. The van der Waals surface area contributed by atoms with Crippen LogP contribution in [0.4, 0.5) is 11.4 Å². The average Bonchev–Trinajstić information content (AvgIpc) is 2.53. The number of hydrogen-bond acceptors (Lipinski definition) is 3. The lowest BCUT2D eigenvalue weighted by Gasteiger charge is -2.20. The first-order valence-electron chi connectivity index (χ1n) is 7.85. The molecule has 24 heavy (non-hydrogen) atoms. The van der Waals surface area contributed by atoms with E-state index in [0.29, 0.717) is 11.3 Å². The molecule has 0 bridgehead atoms. The van der Waals surface area contributed by atoms with Crippen LogP contribution in [0, 0.1) is 0 Å². The highest BCUT2D eigenvalue weighted by atomic mass is 16.2. The molecule has 0 saturated carbocycles. The van der Waals surface area contributed by atoms with E-state index in [0.717, 1.165) is 5.69 Å². The summed E-state index contributed by atoms with van der Waals surface area (Å²) in [6, 6.07) is 16.4. The molecule has 0 atom stereocenters. The predicted molar refractivity (Wildman–Crippen MR) is 97.2 cm³/mol. The van der Waals surface area contributed by atoms with Gasteiger partial charge in [-0.3, -0.25) is 9.59 Å². The van der Waals surface area contributed by atoms with E-state index in [9.17, 15) is 9.59 Å². The number of amides is 2. The minimum Gasteiger partial charge on any atom is -0.376 e. The number of nitrogens with one attached hydrogen (secondary N) is 3. The van der Waals surface area contributed by atoms with Crippen LogP contribution >= 0.6 is 0 Å². The minimum absolute atomic E-state index is 0.133. The number of rotatable bonds is 5. The molecular formula is C19H23N3O2. The molecule has 0 unspecified atom stereocenters. The van der Waals surface area contributed by atoms with Crippen LogP contribution in [0.25, 0.3) is 0 Å². The number of carbonyl (C=O) groups excluding carboxylic acids is 2. The van der Waals surface area contributed by atoms with Crippen molar-refractivity contribution >= 4 is 23.2 Å². The zero-order valence-corrected chi connectivity index (χ0v) is 14.2. The Morgan fingerprint density at radius 3 is 2.08 bits per heavy atom. The Morgan fingerprint density at radius 2 is 1.50 bits per heavy atom. The van der Waals surface area contributed by atoms with Gasteiger partial charge in [-0.15, -0.1) is 0 Å².